The van der Waals surface area contributed by atoms with Crippen LogP contribution < -0.4 is 5.32 Å². The first-order valence-corrected chi connectivity index (χ1v) is 8.66. The second-order valence-corrected chi connectivity index (χ2v) is 5.92. The topological polar surface area (TPSA) is 32.3 Å². The Bertz CT molecular complexity index is 159. The average Bonchev–Trinajstić information content (AvgIpc) is 2.39. The third-order valence-corrected chi connectivity index (χ3v) is 3.68. The number of unbranched alkanes of at least 4 members (excludes halogenated alkanes) is 9. The maximum Gasteiger partial charge on any atom is 0.0512 e. The van der Waals surface area contributed by atoms with E-state index in [1.807, 2.05) is 6.92 Å². The number of nitrogens with one attached hydrogen (secondary N) is 1. The van der Waals surface area contributed by atoms with Gasteiger partial charge in [0.25, 0.3) is 0 Å². The van der Waals surface area contributed by atoms with Crippen LogP contribution in [0, 0.1) is 0 Å². The zero-order chi connectivity index (χ0) is 14.2. The van der Waals surface area contributed by atoms with Crippen LogP contribution >= 0.6 is 0 Å². The molecule has 0 heterocycles. The van der Waals surface area contributed by atoms with Gasteiger partial charge in [-0.3, -0.25) is 0 Å². The van der Waals surface area contributed by atoms with Gasteiger partial charge in [0.1, 0.15) is 0 Å². The lowest BCUT2D eigenvalue weighted by molar-refractivity contribution is 0.181. The molecule has 2 heteroatoms. The van der Waals surface area contributed by atoms with E-state index in [-0.39, 0.29) is 6.10 Å². The van der Waals surface area contributed by atoms with Crippen molar-refractivity contribution in [3.8, 4) is 0 Å². The van der Waals surface area contributed by atoms with Crippen molar-refractivity contribution in [1.82, 2.24) is 5.32 Å². The minimum Gasteiger partial charge on any atom is -0.393 e. The second kappa shape index (κ2) is 16.0. The molecule has 0 bridgehead atoms. The van der Waals surface area contributed by atoms with Gasteiger partial charge in [-0.1, -0.05) is 64.7 Å². The van der Waals surface area contributed by atoms with Crippen molar-refractivity contribution in [2.75, 3.05) is 13.1 Å². The highest BCUT2D eigenvalue weighted by atomic mass is 16.3. The maximum atomic E-state index is 9.12. The fraction of sp³-hybridized carbons (Fsp3) is 1.00. The van der Waals surface area contributed by atoms with E-state index in [2.05, 4.69) is 12.2 Å². The maximum absolute atomic E-state index is 9.12. The lowest BCUT2D eigenvalue weighted by Crippen LogP contribution is -2.17. The highest BCUT2D eigenvalue weighted by Gasteiger charge is 1.95. The van der Waals surface area contributed by atoms with Gasteiger partial charge in [-0.05, 0) is 39.3 Å². The summed E-state index contributed by atoms with van der Waals surface area (Å²) in [7, 11) is 0. The summed E-state index contributed by atoms with van der Waals surface area (Å²) >= 11 is 0. The molecule has 0 amide bonds. The molecule has 0 aliphatic rings. The van der Waals surface area contributed by atoms with Crippen molar-refractivity contribution in [1.29, 1.82) is 0 Å². The van der Waals surface area contributed by atoms with E-state index in [4.69, 9.17) is 5.11 Å². The summed E-state index contributed by atoms with van der Waals surface area (Å²) in [6, 6.07) is 0. The Labute approximate surface area is 121 Å². The van der Waals surface area contributed by atoms with E-state index in [0.717, 1.165) is 25.9 Å². The van der Waals surface area contributed by atoms with Crippen LogP contribution in [0.3, 0.4) is 0 Å². The Morgan fingerprint density at radius 2 is 1.21 bits per heavy atom. The predicted molar refractivity (Wildman–Crippen MR) is 85.6 cm³/mol. The molecule has 2 nitrogen and oxygen atoms in total. The van der Waals surface area contributed by atoms with Gasteiger partial charge < -0.3 is 10.4 Å². The molecule has 0 fully saturated rings. The van der Waals surface area contributed by atoms with Gasteiger partial charge >= 0.3 is 0 Å². The van der Waals surface area contributed by atoms with Crippen LogP contribution in [0.5, 0.6) is 0 Å². The van der Waals surface area contributed by atoms with Crippen LogP contribution in [-0.2, 0) is 0 Å². The lowest BCUT2D eigenvalue weighted by Gasteiger charge is -2.06. The van der Waals surface area contributed by atoms with Gasteiger partial charge in [0.2, 0.25) is 0 Å². The normalized spacial score (nSPS) is 12.8. The highest BCUT2D eigenvalue weighted by molar-refractivity contribution is 4.53. The van der Waals surface area contributed by atoms with Crippen molar-refractivity contribution in [3.63, 3.8) is 0 Å². The molecule has 1 atom stereocenters. The Morgan fingerprint density at radius 3 is 1.74 bits per heavy atom. The molecule has 0 radical (unpaired) electrons. The Balaban J connectivity index is 2.91. The van der Waals surface area contributed by atoms with Gasteiger partial charge in [0.15, 0.2) is 0 Å². The van der Waals surface area contributed by atoms with E-state index < -0.39 is 0 Å². The Morgan fingerprint density at radius 1 is 0.737 bits per heavy atom. The first-order valence-electron chi connectivity index (χ1n) is 8.66. The molecule has 0 saturated carbocycles. The SMILES string of the molecule is CCCCCCCCCCCCNCCCC(C)O. The Hall–Kier alpha value is -0.0800. The van der Waals surface area contributed by atoms with E-state index in [9.17, 15) is 0 Å². The van der Waals surface area contributed by atoms with Crippen molar-refractivity contribution < 1.29 is 5.11 Å². The minimum atomic E-state index is -0.140. The van der Waals surface area contributed by atoms with Crippen molar-refractivity contribution in [2.45, 2.75) is 97.0 Å². The smallest absolute Gasteiger partial charge is 0.0512 e. The molecule has 0 aromatic rings. The van der Waals surface area contributed by atoms with E-state index >= 15 is 0 Å². The van der Waals surface area contributed by atoms with Gasteiger partial charge in [0.05, 0.1) is 6.10 Å². The molecule has 0 aliphatic heterocycles. The zero-order valence-corrected chi connectivity index (χ0v) is 13.4. The van der Waals surface area contributed by atoms with Crippen LogP contribution in [-0.4, -0.2) is 24.3 Å². The number of aliphatic hydroxyl groups is 1. The zero-order valence-electron chi connectivity index (χ0n) is 13.4. The summed E-state index contributed by atoms with van der Waals surface area (Å²) in [5.41, 5.74) is 0. The van der Waals surface area contributed by atoms with Gasteiger partial charge in [-0.25, -0.2) is 0 Å². The number of rotatable bonds is 15. The summed E-state index contributed by atoms with van der Waals surface area (Å²) in [6.07, 6.45) is 15.9. The van der Waals surface area contributed by atoms with Gasteiger partial charge in [-0.15, -0.1) is 0 Å². The fourth-order valence-corrected chi connectivity index (χ4v) is 2.38. The molecule has 0 aliphatic carbocycles. The molecule has 0 aromatic carbocycles. The summed E-state index contributed by atoms with van der Waals surface area (Å²) in [4.78, 5) is 0. The third-order valence-electron chi connectivity index (χ3n) is 3.68. The minimum absolute atomic E-state index is 0.140. The van der Waals surface area contributed by atoms with E-state index in [1.54, 1.807) is 0 Å². The molecule has 0 saturated heterocycles. The molecule has 19 heavy (non-hydrogen) atoms. The third kappa shape index (κ3) is 17.9. The summed E-state index contributed by atoms with van der Waals surface area (Å²) < 4.78 is 0. The van der Waals surface area contributed by atoms with Crippen LogP contribution in [0.1, 0.15) is 90.9 Å². The predicted octanol–water partition coefficient (Wildman–Crippen LogP) is 4.66. The van der Waals surface area contributed by atoms with E-state index in [1.165, 1.54) is 64.2 Å². The van der Waals surface area contributed by atoms with Gasteiger partial charge in [-0.2, -0.15) is 0 Å². The number of hydrogen-bond acceptors (Lipinski definition) is 2. The lowest BCUT2D eigenvalue weighted by atomic mass is 10.1. The summed E-state index contributed by atoms with van der Waals surface area (Å²) in [5, 5.41) is 12.6. The first kappa shape index (κ1) is 18.9. The molecule has 0 rings (SSSR count). The van der Waals surface area contributed by atoms with Gasteiger partial charge in [0, 0.05) is 0 Å². The number of hydrogen-bond donors (Lipinski definition) is 2. The molecule has 1 unspecified atom stereocenters. The van der Waals surface area contributed by atoms with Crippen LogP contribution in [0.15, 0.2) is 0 Å². The quantitative estimate of drug-likeness (QED) is 0.425. The van der Waals surface area contributed by atoms with Crippen molar-refractivity contribution in [2.24, 2.45) is 0 Å². The van der Waals surface area contributed by atoms with E-state index in [0.29, 0.717) is 0 Å². The molecule has 0 spiro atoms. The average molecular weight is 271 g/mol. The standard InChI is InChI=1S/C17H37NO/c1-3-4-5-6-7-8-9-10-11-12-15-18-16-13-14-17(2)19/h17-19H,3-16H2,1-2H3. The molecule has 2 N–H and O–H groups in total. The summed E-state index contributed by atoms with van der Waals surface area (Å²) in [5.74, 6) is 0. The van der Waals surface area contributed by atoms with Crippen LogP contribution in [0.25, 0.3) is 0 Å². The Kier molecular flexibility index (Phi) is 15.9. The molecular formula is C17H37NO. The second-order valence-electron chi connectivity index (χ2n) is 5.92. The summed E-state index contributed by atoms with van der Waals surface area (Å²) in [6.45, 7) is 6.35. The van der Waals surface area contributed by atoms with Crippen LogP contribution in [0.2, 0.25) is 0 Å². The monoisotopic (exact) mass is 271 g/mol. The molecule has 116 valence electrons. The van der Waals surface area contributed by atoms with Crippen LogP contribution in [0.4, 0.5) is 0 Å². The number of aliphatic hydroxyl groups excluding tert-OH is 1. The van der Waals surface area contributed by atoms with Crippen molar-refractivity contribution >= 4 is 0 Å². The highest BCUT2D eigenvalue weighted by Crippen LogP contribution is 2.10. The first-order chi connectivity index (χ1) is 9.27. The van der Waals surface area contributed by atoms with Crippen molar-refractivity contribution in [3.05, 3.63) is 0 Å². The fourth-order valence-electron chi connectivity index (χ4n) is 2.38. The molecular weight excluding hydrogens is 234 g/mol. The molecule has 0 aromatic heterocycles. The largest absolute Gasteiger partial charge is 0.393 e.